The molecule has 20 heavy (non-hydrogen) atoms. The number of hydrogen-bond donors (Lipinski definition) is 0. The van der Waals surface area contributed by atoms with Gasteiger partial charge in [-0.3, -0.25) is 14.7 Å². The summed E-state index contributed by atoms with van der Waals surface area (Å²) in [6.45, 7) is 3.88. The van der Waals surface area contributed by atoms with E-state index in [0.717, 1.165) is 25.4 Å². The molecule has 0 spiro atoms. The third-order valence-corrected chi connectivity index (χ3v) is 3.40. The van der Waals surface area contributed by atoms with E-state index >= 15 is 0 Å². The molecule has 6 heteroatoms. The summed E-state index contributed by atoms with van der Waals surface area (Å²) in [6, 6.07) is 3.86. The Labute approximate surface area is 117 Å². The van der Waals surface area contributed by atoms with Crippen LogP contribution in [0, 0.1) is 0 Å². The molecule has 6 nitrogen and oxygen atoms in total. The van der Waals surface area contributed by atoms with Crippen LogP contribution in [0.3, 0.4) is 0 Å². The topological polar surface area (TPSA) is 62.5 Å². The van der Waals surface area contributed by atoms with Crippen LogP contribution < -0.4 is 0 Å². The summed E-state index contributed by atoms with van der Waals surface area (Å²) >= 11 is 0. The molecule has 1 aliphatic heterocycles. The van der Waals surface area contributed by atoms with Crippen LogP contribution >= 0.6 is 0 Å². The fraction of sp³-hybridized carbons (Fsp3) is 0.357. The van der Waals surface area contributed by atoms with E-state index < -0.39 is 0 Å². The molecule has 2 aromatic rings. The Hall–Kier alpha value is -2.21. The lowest BCUT2D eigenvalue weighted by molar-refractivity contribution is 0.0614. The molecule has 104 valence electrons. The van der Waals surface area contributed by atoms with Gasteiger partial charge in [-0.25, -0.2) is 4.98 Å². The van der Waals surface area contributed by atoms with Crippen LogP contribution in [0.5, 0.6) is 0 Å². The first-order chi connectivity index (χ1) is 9.83. The van der Waals surface area contributed by atoms with Crippen LogP contribution in [0.15, 0.2) is 41.4 Å². The molecule has 1 saturated heterocycles. The molecule has 0 radical (unpaired) electrons. The number of amides is 1. The summed E-state index contributed by atoms with van der Waals surface area (Å²) in [4.78, 5) is 24.3. The third kappa shape index (κ3) is 2.85. The van der Waals surface area contributed by atoms with Gasteiger partial charge in [-0.15, -0.1) is 0 Å². The van der Waals surface area contributed by atoms with E-state index in [1.807, 2.05) is 17.0 Å². The average Bonchev–Trinajstić information content (AvgIpc) is 3.01. The Balaban J connectivity index is 1.55. The Kier molecular flexibility index (Phi) is 3.73. The number of piperazine rings is 1. The molecule has 0 aliphatic carbocycles. The molecule has 2 aromatic heterocycles. The second kappa shape index (κ2) is 5.83. The number of carbonyl (C=O) groups excluding carboxylic acids is 1. The van der Waals surface area contributed by atoms with E-state index in [9.17, 15) is 4.79 Å². The summed E-state index contributed by atoms with van der Waals surface area (Å²) in [5.41, 5.74) is 0.409. The molecule has 1 aliphatic rings. The quantitative estimate of drug-likeness (QED) is 0.835. The van der Waals surface area contributed by atoms with Crippen molar-refractivity contribution in [3.63, 3.8) is 0 Å². The van der Waals surface area contributed by atoms with Crippen molar-refractivity contribution in [1.29, 1.82) is 0 Å². The van der Waals surface area contributed by atoms with E-state index in [2.05, 4.69) is 14.9 Å². The van der Waals surface area contributed by atoms with Crippen molar-refractivity contribution in [2.75, 3.05) is 26.2 Å². The molecular formula is C14H16N4O2. The van der Waals surface area contributed by atoms with Gasteiger partial charge in [0.25, 0.3) is 5.91 Å². The lowest BCUT2D eigenvalue weighted by Crippen LogP contribution is -2.48. The zero-order chi connectivity index (χ0) is 13.8. The molecule has 1 amide bonds. The van der Waals surface area contributed by atoms with Crippen molar-refractivity contribution in [2.24, 2.45) is 0 Å². The molecule has 3 heterocycles. The van der Waals surface area contributed by atoms with E-state index in [4.69, 9.17) is 4.42 Å². The minimum Gasteiger partial charge on any atom is -0.468 e. The largest absolute Gasteiger partial charge is 0.468 e. The SMILES string of the molecule is O=C(c1cnccn1)N1CCN(Cc2ccco2)CC1. The van der Waals surface area contributed by atoms with E-state index in [1.165, 1.54) is 6.20 Å². The number of hydrogen-bond acceptors (Lipinski definition) is 5. The van der Waals surface area contributed by atoms with Crippen LogP contribution in [0.2, 0.25) is 0 Å². The van der Waals surface area contributed by atoms with Crippen LogP contribution in [0.4, 0.5) is 0 Å². The van der Waals surface area contributed by atoms with E-state index in [1.54, 1.807) is 18.7 Å². The van der Waals surface area contributed by atoms with Gasteiger partial charge in [0.1, 0.15) is 11.5 Å². The molecule has 0 aromatic carbocycles. The van der Waals surface area contributed by atoms with Gasteiger partial charge in [-0.05, 0) is 12.1 Å². The standard InChI is InChI=1S/C14H16N4O2/c19-14(13-10-15-3-4-16-13)18-7-5-17(6-8-18)11-12-2-1-9-20-12/h1-4,9-10H,5-8,11H2. The zero-order valence-electron chi connectivity index (χ0n) is 11.1. The molecule has 0 saturated carbocycles. The van der Waals surface area contributed by atoms with Crippen molar-refractivity contribution in [3.8, 4) is 0 Å². The highest BCUT2D eigenvalue weighted by Gasteiger charge is 2.23. The predicted molar refractivity (Wildman–Crippen MR) is 71.9 cm³/mol. The first-order valence-corrected chi connectivity index (χ1v) is 6.63. The molecule has 0 N–H and O–H groups in total. The Morgan fingerprint density at radius 3 is 2.75 bits per heavy atom. The molecule has 0 unspecified atom stereocenters. The molecular weight excluding hydrogens is 256 g/mol. The highest BCUT2D eigenvalue weighted by Crippen LogP contribution is 2.10. The van der Waals surface area contributed by atoms with Gasteiger partial charge in [0.15, 0.2) is 0 Å². The summed E-state index contributed by atoms with van der Waals surface area (Å²) < 4.78 is 5.34. The Bertz CT molecular complexity index is 548. The normalized spacial score (nSPS) is 16.3. The number of rotatable bonds is 3. The molecule has 0 atom stereocenters. The van der Waals surface area contributed by atoms with Gasteiger partial charge in [-0.1, -0.05) is 0 Å². The van der Waals surface area contributed by atoms with Gasteiger partial charge in [0.05, 0.1) is 19.0 Å². The molecule has 3 rings (SSSR count). The van der Waals surface area contributed by atoms with Gasteiger partial charge in [-0.2, -0.15) is 0 Å². The maximum atomic E-state index is 12.2. The predicted octanol–water partition coefficient (Wildman–Crippen LogP) is 1.03. The van der Waals surface area contributed by atoms with Crippen molar-refractivity contribution >= 4 is 5.91 Å². The molecule has 1 fully saturated rings. The van der Waals surface area contributed by atoms with Crippen LogP contribution in [-0.4, -0.2) is 51.9 Å². The Morgan fingerprint density at radius 1 is 1.25 bits per heavy atom. The monoisotopic (exact) mass is 272 g/mol. The number of carbonyl (C=O) groups is 1. The fourth-order valence-corrected chi connectivity index (χ4v) is 2.30. The summed E-state index contributed by atoms with van der Waals surface area (Å²) in [5.74, 6) is 0.912. The van der Waals surface area contributed by atoms with Crippen molar-refractivity contribution in [2.45, 2.75) is 6.54 Å². The summed E-state index contributed by atoms with van der Waals surface area (Å²) in [5, 5.41) is 0. The minimum absolute atomic E-state index is 0.0456. The highest BCUT2D eigenvalue weighted by atomic mass is 16.3. The lowest BCUT2D eigenvalue weighted by Gasteiger charge is -2.34. The van der Waals surface area contributed by atoms with Gasteiger partial charge < -0.3 is 9.32 Å². The minimum atomic E-state index is -0.0456. The first-order valence-electron chi connectivity index (χ1n) is 6.63. The van der Waals surface area contributed by atoms with E-state index in [-0.39, 0.29) is 5.91 Å². The maximum Gasteiger partial charge on any atom is 0.274 e. The van der Waals surface area contributed by atoms with Crippen LogP contribution in [-0.2, 0) is 6.54 Å². The second-order valence-electron chi connectivity index (χ2n) is 4.74. The Morgan fingerprint density at radius 2 is 2.10 bits per heavy atom. The average molecular weight is 272 g/mol. The number of furan rings is 1. The molecule has 0 bridgehead atoms. The second-order valence-corrected chi connectivity index (χ2v) is 4.74. The highest BCUT2D eigenvalue weighted by molar-refractivity contribution is 5.92. The van der Waals surface area contributed by atoms with E-state index in [0.29, 0.717) is 18.8 Å². The first kappa shape index (κ1) is 12.8. The maximum absolute atomic E-state index is 12.2. The summed E-state index contributed by atoms with van der Waals surface area (Å²) in [6.07, 6.45) is 6.30. The zero-order valence-corrected chi connectivity index (χ0v) is 11.1. The van der Waals surface area contributed by atoms with Gasteiger partial charge in [0.2, 0.25) is 0 Å². The van der Waals surface area contributed by atoms with Crippen LogP contribution in [0.25, 0.3) is 0 Å². The van der Waals surface area contributed by atoms with Crippen LogP contribution in [0.1, 0.15) is 16.2 Å². The number of aromatic nitrogens is 2. The van der Waals surface area contributed by atoms with Crippen molar-refractivity contribution in [1.82, 2.24) is 19.8 Å². The third-order valence-electron chi connectivity index (χ3n) is 3.40. The van der Waals surface area contributed by atoms with Gasteiger partial charge >= 0.3 is 0 Å². The van der Waals surface area contributed by atoms with Crippen molar-refractivity contribution < 1.29 is 9.21 Å². The van der Waals surface area contributed by atoms with Gasteiger partial charge in [0, 0.05) is 38.6 Å². The van der Waals surface area contributed by atoms with Crippen molar-refractivity contribution in [3.05, 3.63) is 48.4 Å². The number of nitrogens with zero attached hydrogens (tertiary/aromatic N) is 4. The fourth-order valence-electron chi connectivity index (χ4n) is 2.30. The summed E-state index contributed by atoms with van der Waals surface area (Å²) in [7, 11) is 0. The lowest BCUT2D eigenvalue weighted by atomic mass is 10.2. The smallest absolute Gasteiger partial charge is 0.274 e.